The first-order valence-corrected chi connectivity index (χ1v) is 10.7. The van der Waals surface area contributed by atoms with Gasteiger partial charge in [-0.05, 0) is 73.1 Å². The van der Waals surface area contributed by atoms with Crippen LogP contribution in [-0.4, -0.2) is 34.9 Å². The molecule has 2 aromatic carbocycles. The van der Waals surface area contributed by atoms with E-state index in [0.717, 1.165) is 31.5 Å². The van der Waals surface area contributed by atoms with Gasteiger partial charge in [-0.2, -0.15) is 0 Å². The van der Waals surface area contributed by atoms with Gasteiger partial charge in [-0.3, -0.25) is 14.9 Å². The van der Waals surface area contributed by atoms with Crippen molar-refractivity contribution in [2.24, 2.45) is 0 Å². The molecule has 0 fully saturated rings. The summed E-state index contributed by atoms with van der Waals surface area (Å²) in [5.74, 6) is -0.322. The number of carbonyl (C=O) groups is 2. The molecule has 2 aromatic rings. The molecule has 5 nitrogen and oxygen atoms in total. The first-order valence-electron chi connectivity index (χ1n) is 9.88. The molecule has 158 valence electrons. The molecule has 0 saturated heterocycles. The van der Waals surface area contributed by atoms with Gasteiger partial charge in [-0.25, -0.2) is 0 Å². The maximum absolute atomic E-state index is 12.6. The Morgan fingerprint density at radius 1 is 1.00 bits per heavy atom. The molecule has 0 unspecified atom stereocenters. The second-order valence-corrected chi connectivity index (χ2v) is 7.54. The summed E-state index contributed by atoms with van der Waals surface area (Å²) in [5, 5.41) is 6.36. The summed E-state index contributed by atoms with van der Waals surface area (Å²) >= 11 is 11.0. The minimum absolute atomic E-state index is 0.0217. The number of rotatable bonds is 8. The van der Waals surface area contributed by atoms with Gasteiger partial charge in [0.15, 0.2) is 5.11 Å². The zero-order valence-corrected chi connectivity index (χ0v) is 18.7. The van der Waals surface area contributed by atoms with Gasteiger partial charge in [-0.15, -0.1) is 0 Å². The predicted octanol–water partition coefficient (Wildman–Crippen LogP) is 5.13. The summed E-state index contributed by atoms with van der Waals surface area (Å²) in [4.78, 5) is 26.5. The van der Waals surface area contributed by atoms with Crippen molar-refractivity contribution in [1.29, 1.82) is 0 Å². The molecule has 7 heteroatoms. The Bertz CT molecular complexity index is 890. The summed E-state index contributed by atoms with van der Waals surface area (Å²) in [6.45, 7) is 5.60. The number of halogens is 1. The third kappa shape index (κ3) is 7.61. The van der Waals surface area contributed by atoms with Gasteiger partial charge in [0.2, 0.25) is 5.91 Å². The predicted molar refractivity (Wildman–Crippen MR) is 128 cm³/mol. The number of nitrogens with zero attached hydrogens (tertiary/aromatic N) is 1. The van der Waals surface area contributed by atoms with Crippen LogP contribution >= 0.6 is 23.8 Å². The van der Waals surface area contributed by atoms with Crippen LogP contribution < -0.4 is 10.6 Å². The lowest BCUT2D eigenvalue weighted by Gasteiger charge is -2.21. The fourth-order valence-corrected chi connectivity index (χ4v) is 3.14. The van der Waals surface area contributed by atoms with Gasteiger partial charge in [0.05, 0.1) is 0 Å². The minimum atomic E-state index is -0.343. The minimum Gasteiger partial charge on any atom is -0.339 e. The first-order chi connectivity index (χ1) is 14.4. The highest BCUT2D eigenvalue weighted by Gasteiger charge is 2.14. The zero-order valence-electron chi connectivity index (χ0n) is 17.2. The Hall–Kier alpha value is -2.70. The van der Waals surface area contributed by atoms with Crippen molar-refractivity contribution in [2.45, 2.75) is 26.7 Å². The molecule has 0 atom stereocenters. The van der Waals surface area contributed by atoms with Gasteiger partial charge in [0.1, 0.15) is 0 Å². The standard InChI is InChI=1S/C23H26ClN3O2S/c1-3-15-27(16-4-2)22(29)18-8-12-20(13-9-18)25-23(30)26-21(28)14-7-17-5-10-19(24)11-6-17/h5-14H,3-4,15-16H2,1-2H3,(H2,25,26,28,30)/b14-7+. The van der Waals surface area contributed by atoms with Gasteiger partial charge >= 0.3 is 0 Å². The van der Waals surface area contributed by atoms with Gasteiger partial charge < -0.3 is 10.2 Å². The first kappa shape index (κ1) is 23.6. The Labute approximate surface area is 188 Å². The lowest BCUT2D eigenvalue weighted by Crippen LogP contribution is -2.33. The van der Waals surface area contributed by atoms with Crippen LogP contribution in [0.1, 0.15) is 42.6 Å². The molecule has 0 aliphatic carbocycles. The average Bonchev–Trinajstić information content (AvgIpc) is 2.73. The lowest BCUT2D eigenvalue weighted by molar-refractivity contribution is -0.115. The largest absolute Gasteiger partial charge is 0.339 e. The normalized spacial score (nSPS) is 10.6. The summed E-state index contributed by atoms with van der Waals surface area (Å²) in [6.07, 6.45) is 4.92. The SMILES string of the molecule is CCCN(CCC)C(=O)c1ccc(NC(=S)NC(=O)/C=C/c2ccc(Cl)cc2)cc1. The number of carbonyl (C=O) groups excluding carboxylic acids is 2. The Balaban J connectivity index is 1.89. The maximum atomic E-state index is 12.6. The molecule has 2 amide bonds. The molecule has 0 aliphatic rings. The van der Waals surface area contributed by atoms with Crippen LogP contribution in [0.4, 0.5) is 5.69 Å². The number of hydrogen-bond donors (Lipinski definition) is 2. The van der Waals surface area contributed by atoms with Gasteiger partial charge in [-0.1, -0.05) is 37.6 Å². The molecular weight excluding hydrogens is 418 g/mol. The number of thiocarbonyl (C=S) groups is 1. The maximum Gasteiger partial charge on any atom is 0.253 e. The lowest BCUT2D eigenvalue weighted by atomic mass is 10.1. The van der Waals surface area contributed by atoms with Crippen molar-refractivity contribution < 1.29 is 9.59 Å². The van der Waals surface area contributed by atoms with Crippen molar-refractivity contribution in [2.75, 3.05) is 18.4 Å². The van der Waals surface area contributed by atoms with E-state index in [2.05, 4.69) is 24.5 Å². The van der Waals surface area contributed by atoms with Gasteiger partial charge in [0, 0.05) is 35.4 Å². The smallest absolute Gasteiger partial charge is 0.253 e. The topological polar surface area (TPSA) is 61.4 Å². The highest BCUT2D eigenvalue weighted by atomic mass is 35.5. The summed E-state index contributed by atoms with van der Waals surface area (Å²) in [5.41, 5.74) is 2.17. The molecule has 0 spiro atoms. The van der Waals surface area contributed by atoms with Crippen LogP contribution in [0.25, 0.3) is 6.08 Å². The number of nitrogens with one attached hydrogen (secondary N) is 2. The number of amides is 2. The second-order valence-electron chi connectivity index (χ2n) is 6.70. The van der Waals surface area contributed by atoms with E-state index in [-0.39, 0.29) is 16.9 Å². The molecule has 0 radical (unpaired) electrons. The fraction of sp³-hybridized carbons (Fsp3) is 0.261. The van der Waals surface area contributed by atoms with E-state index >= 15 is 0 Å². The van der Waals surface area contributed by atoms with Crippen LogP contribution in [0, 0.1) is 0 Å². The van der Waals surface area contributed by atoms with Crippen molar-refractivity contribution in [1.82, 2.24) is 10.2 Å². The molecule has 2 N–H and O–H groups in total. The summed E-state index contributed by atoms with van der Waals surface area (Å²) in [6, 6.07) is 14.2. The quantitative estimate of drug-likeness (QED) is 0.438. The highest BCUT2D eigenvalue weighted by Crippen LogP contribution is 2.13. The molecule has 0 saturated carbocycles. The third-order valence-electron chi connectivity index (χ3n) is 4.20. The Kier molecular flexibility index (Phi) is 9.51. The summed E-state index contributed by atoms with van der Waals surface area (Å²) in [7, 11) is 0. The van der Waals surface area contributed by atoms with E-state index in [0.29, 0.717) is 16.3 Å². The Morgan fingerprint density at radius 3 is 2.17 bits per heavy atom. The van der Waals surface area contributed by atoms with Crippen molar-refractivity contribution in [3.05, 3.63) is 70.8 Å². The van der Waals surface area contributed by atoms with Gasteiger partial charge in [0.25, 0.3) is 5.91 Å². The molecule has 0 bridgehead atoms. The monoisotopic (exact) mass is 443 g/mol. The number of hydrogen-bond acceptors (Lipinski definition) is 3. The highest BCUT2D eigenvalue weighted by molar-refractivity contribution is 7.80. The molecule has 0 aliphatic heterocycles. The van der Waals surface area contributed by atoms with Crippen LogP contribution in [0.3, 0.4) is 0 Å². The van der Waals surface area contributed by atoms with E-state index in [1.54, 1.807) is 42.5 Å². The van der Waals surface area contributed by atoms with Crippen molar-refractivity contribution in [3.8, 4) is 0 Å². The van der Waals surface area contributed by atoms with E-state index < -0.39 is 0 Å². The molecule has 2 rings (SSSR count). The van der Waals surface area contributed by atoms with E-state index in [9.17, 15) is 9.59 Å². The number of anilines is 1. The molecule has 0 heterocycles. The summed E-state index contributed by atoms with van der Waals surface area (Å²) < 4.78 is 0. The molecule has 0 aromatic heterocycles. The Morgan fingerprint density at radius 2 is 1.60 bits per heavy atom. The third-order valence-corrected chi connectivity index (χ3v) is 4.65. The van der Waals surface area contributed by atoms with E-state index in [1.807, 2.05) is 17.0 Å². The fourth-order valence-electron chi connectivity index (χ4n) is 2.80. The van der Waals surface area contributed by atoms with Crippen LogP contribution in [0.5, 0.6) is 0 Å². The van der Waals surface area contributed by atoms with E-state index in [1.165, 1.54) is 6.08 Å². The molecule has 30 heavy (non-hydrogen) atoms. The number of benzene rings is 2. The van der Waals surface area contributed by atoms with Crippen LogP contribution in [0.2, 0.25) is 5.02 Å². The van der Waals surface area contributed by atoms with Crippen LogP contribution in [0.15, 0.2) is 54.6 Å². The second kappa shape index (κ2) is 12.1. The zero-order chi connectivity index (χ0) is 21.9. The molecular formula is C23H26ClN3O2S. The average molecular weight is 444 g/mol. The van der Waals surface area contributed by atoms with E-state index in [4.69, 9.17) is 23.8 Å². The van der Waals surface area contributed by atoms with Crippen molar-refractivity contribution in [3.63, 3.8) is 0 Å². The van der Waals surface area contributed by atoms with Crippen LogP contribution in [-0.2, 0) is 4.79 Å². The van der Waals surface area contributed by atoms with Crippen molar-refractivity contribution >= 4 is 52.5 Å².